The van der Waals surface area contributed by atoms with Crippen LogP contribution >= 0.6 is 0 Å². The number of likely N-dealkylation sites (N-methyl/N-ethyl adjacent to an activating group) is 1. The minimum atomic E-state index is -0.608. The Balaban J connectivity index is 1.83. The van der Waals surface area contributed by atoms with Crippen LogP contribution in [-0.4, -0.2) is 29.0 Å². The summed E-state index contributed by atoms with van der Waals surface area (Å²) in [5.74, 6) is -0.0533. The van der Waals surface area contributed by atoms with E-state index < -0.39 is 6.10 Å². The first kappa shape index (κ1) is 12.9. The van der Waals surface area contributed by atoms with Gasteiger partial charge in [-0.1, -0.05) is 42.5 Å². The standard InChI is InChI=1S/C17H17NO2/c1-18(17(20)12-7-3-2-4-8-12)15-11-13-9-5-6-10-14(13)16(15)19/h2-10,15-16,19H,11H2,1H3. The van der Waals surface area contributed by atoms with Crippen LogP contribution in [0.25, 0.3) is 0 Å². The Morgan fingerprint density at radius 3 is 2.45 bits per heavy atom. The molecule has 0 spiro atoms. The van der Waals surface area contributed by atoms with Gasteiger partial charge >= 0.3 is 0 Å². The molecule has 1 amide bonds. The SMILES string of the molecule is CN(C(=O)c1ccccc1)C1Cc2ccccc2C1O. The quantitative estimate of drug-likeness (QED) is 0.907. The van der Waals surface area contributed by atoms with Gasteiger partial charge in [0.25, 0.3) is 5.91 Å². The second-order valence-electron chi connectivity index (χ2n) is 5.20. The van der Waals surface area contributed by atoms with E-state index >= 15 is 0 Å². The highest BCUT2D eigenvalue weighted by Gasteiger charge is 2.35. The van der Waals surface area contributed by atoms with E-state index in [9.17, 15) is 9.90 Å². The molecule has 3 rings (SSSR count). The van der Waals surface area contributed by atoms with E-state index in [-0.39, 0.29) is 11.9 Å². The fourth-order valence-corrected chi connectivity index (χ4v) is 2.84. The molecule has 0 radical (unpaired) electrons. The molecular formula is C17H17NO2. The zero-order valence-electron chi connectivity index (χ0n) is 11.4. The summed E-state index contributed by atoms with van der Waals surface area (Å²) in [6.07, 6.45) is 0.0933. The lowest BCUT2D eigenvalue weighted by Crippen LogP contribution is -2.39. The van der Waals surface area contributed by atoms with Crippen LogP contribution in [0.15, 0.2) is 54.6 Å². The molecule has 2 aromatic rings. The van der Waals surface area contributed by atoms with E-state index in [0.717, 1.165) is 11.1 Å². The molecule has 1 N–H and O–H groups in total. The third kappa shape index (κ3) is 2.10. The van der Waals surface area contributed by atoms with Crippen LogP contribution in [0.2, 0.25) is 0 Å². The van der Waals surface area contributed by atoms with Crippen molar-refractivity contribution >= 4 is 5.91 Å². The Morgan fingerprint density at radius 2 is 1.75 bits per heavy atom. The molecule has 0 aliphatic heterocycles. The van der Waals surface area contributed by atoms with Crippen molar-refractivity contribution in [2.45, 2.75) is 18.6 Å². The largest absolute Gasteiger partial charge is 0.386 e. The van der Waals surface area contributed by atoms with Crippen LogP contribution in [-0.2, 0) is 6.42 Å². The van der Waals surface area contributed by atoms with E-state index in [2.05, 4.69) is 0 Å². The van der Waals surface area contributed by atoms with E-state index in [1.165, 1.54) is 0 Å². The molecule has 0 aromatic heterocycles. The van der Waals surface area contributed by atoms with Gasteiger partial charge in [0, 0.05) is 12.6 Å². The third-order valence-corrected chi connectivity index (χ3v) is 4.01. The predicted octanol–water partition coefficient (Wildman–Crippen LogP) is 2.42. The Kier molecular flexibility index (Phi) is 3.28. The Morgan fingerprint density at radius 1 is 1.10 bits per heavy atom. The van der Waals surface area contributed by atoms with Crippen molar-refractivity contribution in [3.05, 3.63) is 71.3 Å². The summed E-state index contributed by atoms with van der Waals surface area (Å²) in [7, 11) is 1.76. The molecule has 1 aliphatic carbocycles. The molecule has 3 heteroatoms. The van der Waals surface area contributed by atoms with Crippen molar-refractivity contribution in [3.8, 4) is 0 Å². The first-order valence-electron chi connectivity index (χ1n) is 6.76. The van der Waals surface area contributed by atoms with Crippen molar-refractivity contribution in [2.75, 3.05) is 7.05 Å². The first-order chi connectivity index (χ1) is 9.68. The molecule has 0 heterocycles. The molecule has 3 nitrogen and oxygen atoms in total. The molecule has 0 saturated carbocycles. The number of nitrogens with zero attached hydrogens (tertiary/aromatic N) is 1. The number of aliphatic hydroxyl groups excluding tert-OH is 1. The minimum Gasteiger partial charge on any atom is -0.386 e. The first-order valence-corrected chi connectivity index (χ1v) is 6.76. The highest BCUT2D eigenvalue weighted by atomic mass is 16.3. The molecule has 102 valence electrons. The summed E-state index contributed by atoms with van der Waals surface area (Å²) in [5, 5.41) is 10.4. The number of rotatable bonds is 2. The summed E-state index contributed by atoms with van der Waals surface area (Å²) >= 11 is 0. The lowest BCUT2D eigenvalue weighted by molar-refractivity contribution is 0.0497. The summed E-state index contributed by atoms with van der Waals surface area (Å²) in [5.41, 5.74) is 2.71. The zero-order valence-corrected chi connectivity index (χ0v) is 11.4. The van der Waals surface area contributed by atoms with Gasteiger partial charge in [-0.2, -0.15) is 0 Å². The van der Waals surface area contributed by atoms with Crippen LogP contribution in [0.3, 0.4) is 0 Å². The third-order valence-electron chi connectivity index (χ3n) is 4.01. The number of benzene rings is 2. The highest BCUT2D eigenvalue weighted by molar-refractivity contribution is 5.94. The summed E-state index contributed by atoms with van der Waals surface area (Å²) in [6, 6.07) is 16.8. The molecular weight excluding hydrogens is 250 g/mol. The average Bonchev–Trinajstić information content (AvgIpc) is 2.84. The van der Waals surface area contributed by atoms with Gasteiger partial charge in [0.1, 0.15) is 0 Å². The molecule has 1 aliphatic rings. The van der Waals surface area contributed by atoms with Gasteiger partial charge in [0.2, 0.25) is 0 Å². The molecule has 20 heavy (non-hydrogen) atoms. The number of carbonyl (C=O) groups excluding carboxylic acids is 1. The van der Waals surface area contributed by atoms with Crippen molar-refractivity contribution in [1.29, 1.82) is 0 Å². The molecule has 0 saturated heterocycles. The second kappa shape index (κ2) is 5.10. The maximum atomic E-state index is 12.4. The number of fused-ring (bicyclic) bond motifs is 1. The van der Waals surface area contributed by atoms with Gasteiger partial charge in [-0.05, 0) is 29.7 Å². The molecule has 2 aromatic carbocycles. The lowest BCUT2D eigenvalue weighted by atomic mass is 10.1. The van der Waals surface area contributed by atoms with E-state index in [1.54, 1.807) is 24.1 Å². The minimum absolute atomic E-state index is 0.0533. The summed E-state index contributed by atoms with van der Waals surface area (Å²) in [6.45, 7) is 0. The van der Waals surface area contributed by atoms with Crippen LogP contribution in [0, 0.1) is 0 Å². The van der Waals surface area contributed by atoms with Gasteiger partial charge < -0.3 is 10.0 Å². The normalized spacial score (nSPS) is 20.5. The van der Waals surface area contributed by atoms with Crippen molar-refractivity contribution in [2.24, 2.45) is 0 Å². The number of hydrogen-bond donors (Lipinski definition) is 1. The molecule has 0 bridgehead atoms. The van der Waals surface area contributed by atoms with Crippen molar-refractivity contribution < 1.29 is 9.90 Å². The van der Waals surface area contributed by atoms with E-state index in [1.807, 2.05) is 42.5 Å². The molecule has 2 unspecified atom stereocenters. The lowest BCUT2D eigenvalue weighted by Gasteiger charge is -2.27. The number of carbonyl (C=O) groups is 1. The van der Waals surface area contributed by atoms with Gasteiger partial charge in [0.05, 0.1) is 12.1 Å². The monoisotopic (exact) mass is 267 g/mol. The van der Waals surface area contributed by atoms with Crippen LogP contribution in [0.5, 0.6) is 0 Å². The predicted molar refractivity (Wildman–Crippen MR) is 77.4 cm³/mol. The van der Waals surface area contributed by atoms with Gasteiger partial charge in [-0.15, -0.1) is 0 Å². The topological polar surface area (TPSA) is 40.5 Å². The number of aliphatic hydroxyl groups is 1. The van der Waals surface area contributed by atoms with Crippen LogP contribution in [0.1, 0.15) is 27.6 Å². The smallest absolute Gasteiger partial charge is 0.253 e. The number of amides is 1. The maximum Gasteiger partial charge on any atom is 0.253 e. The zero-order chi connectivity index (χ0) is 14.1. The van der Waals surface area contributed by atoms with Gasteiger partial charge in [-0.25, -0.2) is 0 Å². The number of hydrogen-bond acceptors (Lipinski definition) is 2. The van der Waals surface area contributed by atoms with Crippen LogP contribution in [0.4, 0.5) is 0 Å². The Hall–Kier alpha value is -2.13. The second-order valence-corrected chi connectivity index (χ2v) is 5.20. The molecule has 0 fully saturated rings. The highest BCUT2D eigenvalue weighted by Crippen LogP contribution is 2.34. The summed E-state index contributed by atoms with van der Waals surface area (Å²) in [4.78, 5) is 14.1. The average molecular weight is 267 g/mol. The van der Waals surface area contributed by atoms with Gasteiger partial charge in [0.15, 0.2) is 0 Å². The molecule has 2 atom stereocenters. The van der Waals surface area contributed by atoms with Crippen molar-refractivity contribution in [1.82, 2.24) is 4.90 Å². The van der Waals surface area contributed by atoms with E-state index in [4.69, 9.17) is 0 Å². The van der Waals surface area contributed by atoms with Gasteiger partial charge in [-0.3, -0.25) is 4.79 Å². The fourth-order valence-electron chi connectivity index (χ4n) is 2.84. The Bertz CT molecular complexity index is 624. The summed E-state index contributed by atoms with van der Waals surface area (Å²) < 4.78 is 0. The van der Waals surface area contributed by atoms with Crippen LogP contribution < -0.4 is 0 Å². The van der Waals surface area contributed by atoms with Crippen molar-refractivity contribution in [3.63, 3.8) is 0 Å². The fraction of sp³-hybridized carbons (Fsp3) is 0.235. The Labute approximate surface area is 118 Å². The van der Waals surface area contributed by atoms with E-state index in [0.29, 0.717) is 12.0 Å². The maximum absolute atomic E-state index is 12.4.